The summed E-state index contributed by atoms with van der Waals surface area (Å²) in [7, 11) is 0. The number of allylic oxidation sites excluding steroid dienone is 2. The molecular weight excluding hydrogens is 564 g/mol. The van der Waals surface area contributed by atoms with E-state index >= 15 is 0 Å². The van der Waals surface area contributed by atoms with Gasteiger partial charge in [-0.2, -0.15) is 0 Å². The van der Waals surface area contributed by atoms with Crippen molar-refractivity contribution in [2.45, 2.75) is 39.2 Å². The van der Waals surface area contributed by atoms with Gasteiger partial charge in [0.05, 0.1) is 42.0 Å². The van der Waals surface area contributed by atoms with E-state index in [1.54, 1.807) is 42.5 Å². The molecule has 4 amide bonds. The first kappa shape index (κ1) is 27.6. The van der Waals surface area contributed by atoms with Gasteiger partial charge in [0.1, 0.15) is 0 Å². The lowest BCUT2D eigenvalue weighted by molar-refractivity contribution is -0.141. The first-order valence-electron chi connectivity index (χ1n) is 14.7. The van der Waals surface area contributed by atoms with Gasteiger partial charge < -0.3 is 9.84 Å². The Hall–Kier alpha value is -4.24. The molecule has 1 N–H and O–H groups in total. The van der Waals surface area contributed by atoms with E-state index in [2.05, 4.69) is 0 Å². The van der Waals surface area contributed by atoms with Gasteiger partial charge in [0.15, 0.2) is 11.5 Å². The quantitative estimate of drug-likeness (QED) is 0.307. The second-order valence-corrected chi connectivity index (χ2v) is 13.0. The van der Waals surface area contributed by atoms with Crippen LogP contribution >= 0.6 is 11.3 Å². The molecule has 43 heavy (non-hydrogen) atoms. The summed E-state index contributed by atoms with van der Waals surface area (Å²) in [6.45, 7) is 4.26. The van der Waals surface area contributed by atoms with Gasteiger partial charge in [-0.3, -0.25) is 24.1 Å². The Morgan fingerprint density at radius 2 is 1.77 bits per heavy atom. The fourth-order valence-corrected chi connectivity index (χ4v) is 8.67. The summed E-state index contributed by atoms with van der Waals surface area (Å²) < 4.78 is 5.72. The normalized spacial score (nSPS) is 29.8. The fourth-order valence-electron chi connectivity index (χ4n) is 7.98. The number of phenols is 1. The Labute approximate surface area is 253 Å². The topological polar surface area (TPSA) is 104 Å². The van der Waals surface area contributed by atoms with Crippen LogP contribution in [-0.4, -0.2) is 40.2 Å². The monoisotopic (exact) mass is 596 g/mol. The summed E-state index contributed by atoms with van der Waals surface area (Å²) in [5.74, 6) is -3.44. The summed E-state index contributed by atoms with van der Waals surface area (Å²) >= 11 is 1.51. The van der Waals surface area contributed by atoms with Gasteiger partial charge in [-0.15, -0.1) is 11.3 Å². The highest BCUT2D eigenvalue weighted by molar-refractivity contribution is 7.09. The number of carbonyl (C=O) groups excluding carboxylic acids is 4. The van der Waals surface area contributed by atoms with Crippen LogP contribution in [0, 0.1) is 29.1 Å². The zero-order valence-electron chi connectivity index (χ0n) is 23.9. The maximum absolute atomic E-state index is 14.5. The number of thiophene rings is 1. The lowest BCUT2D eigenvalue weighted by Gasteiger charge is -2.49. The van der Waals surface area contributed by atoms with E-state index in [1.807, 2.05) is 43.5 Å². The number of likely N-dealkylation sites (tertiary alicyclic amines) is 1. The van der Waals surface area contributed by atoms with Gasteiger partial charge >= 0.3 is 0 Å². The van der Waals surface area contributed by atoms with Crippen LogP contribution in [-0.2, 0) is 25.7 Å². The van der Waals surface area contributed by atoms with Crippen molar-refractivity contribution < 1.29 is 29.0 Å². The minimum atomic E-state index is -1.15. The molecule has 6 unspecified atom stereocenters. The van der Waals surface area contributed by atoms with E-state index in [4.69, 9.17) is 4.74 Å². The Bertz CT molecular complexity index is 1670. The number of para-hydroxylation sites is 1. The number of imide groups is 2. The third-order valence-electron chi connectivity index (χ3n) is 9.89. The number of fused-ring (bicyclic) bond motifs is 4. The van der Waals surface area contributed by atoms with Crippen LogP contribution in [0.1, 0.15) is 43.0 Å². The van der Waals surface area contributed by atoms with Crippen LogP contribution in [0.15, 0.2) is 77.7 Å². The third-order valence-corrected chi connectivity index (χ3v) is 10.8. The molecule has 1 aromatic heterocycles. The highest BCUT2D eigenvalue weighted by Crippen LogP contribution is 2.64. The minimum Gasteiger partial charge on any atom is -0.504 e. The SMILES string of the molecule is CCOc1cc(C2C3=CCC4C(=O)N(Cc5cccs5)C(=O)C4C3CC3C(=O)N(c4ccccc4)C(=O)C32C)ccc1O. The largest absolute Gasteiger partial charge is 0.504 e. The Kier molecular flexibility index (Phi) is 6.54. The molecule has 0 spiro atoms. The molecule has 8 nitrogen and oxygen atoms in total. The summed E-state index contributed by atoms with van der Waals surface area (Å²) in [6, 6.07) is 17.8. The lowest BCUT2D eigenvalue weighted by atomic mass is 9.51. The summed E-state index contributed by atoms with van der Waals surface area (Å²) in [5, 5.41) is 12.4. The van der Waals surface area contributed by atoms with E-state index in [1.165, 1.54) is 21.1 Å². The highest BCUT2D eigenvalue weighted by Gasteiger charge is 2.67. The molecule has 2 saturated heterocycles. The number of amides is 4. The number of ether oxygens (including phenoxy) is 1. The molecule has 9 heteroatoms. The van der Waals surface area contributed by atoms with Crippen molar-refractivity contribution in [1.29, 1.82) is 0 Å². The molecular formula is C34H32N2O6S. The van der Waals surface area contributed by atoms with Crippen molar-refractivity contribution >= 4 is 40.7 Å². The first-order valence-corrected chi connectivity index (χ1v) is 15.6. The molecule has 220 valence electrons. The Morgan fingerprint density at radius 1 is 0.977 bits per heavy atom. The van der Waals surface area contributed by atoms with Crippen LogP contribution in [0.3, 0.4) is 0 Å². The van der Waals surface area contributed by atoms with E-state index in [-0.39, 0.29) is 41.8 Å². The molecule has 6 atom stereocenters. The number of benzene rings is 2. The van der Waals surface area contributed by atoms with Crippen LogP contribution in [0.2, 0.25) is 0 Å². The Balaban J connectivity index is 1.36. The first-order chi connectivity index (χ1) is 20.8. The van der Waals surface area contributed by atoms with Crippen LogP contribution in [0.25, 0.3) is 0 Å². The lowest BCUT2D eigenvalue weighted by Crippen LogP contribution is -2.48. The standard InChI is InChI=1S/C34H32N2O6S/c1-3-42-27-16-19(11-14-26(27)37)29-22-12-13-23-28(32(40)35(30(23)38)18-21-10-7-15-43-21)24(22)17-25-31(39)36(33(41)34(25,29)2)20-8-5-4-6-9-20/h4-12,14-16,23-25,28-29,37H,3,13,17-18H2,1-2H3. The Morgan fingerprint density at radius 3 is 2.49 bits per heavy atom. The molecule has 2 aromatic carbocycles. The van der Waals surface area contributed by atoms with Gasteiger partial charge in [-0.1, -0.05) is 42.0 Å². The van der Waals surface area contributed by atoms with Gasteiger partial charge in [-0.05, 0) is 73.9 Å². The van der Waals surface area contributed by atoms with E-state index < -0.39 is 29.1 Å². The predicted octanol–water partition coefficient (Wildman–Crippen LogP) is 5.28. The molecule has 3 fully saturated rings. The van der Waals surface area contributed by atoms with Gasteiger partial charge in [0.2, 0.25) is 23.6 Å². The van der Waals surface area contributed by atoms with Crippen LogP contribution in [0.4, 0.5) is 5.69 Å². The number of nitrogens with zero attached hydrogens (tertiary/aromatic N) is 2. The third kappa shape index (κ3) is 4.01. The van der Waals surface area contributed by atoms with Crippen molar-refractivity contribution in [2.24, 2.45) is 29.1 Å². The molecule has 0 bridgehead atoms. The number of hydrogen-bond acceptors (Lipinski definition) is 7. The number of aromatic hydroxyl groups is 1. The molecule has 2 aliphatic heterocycles. The van der Waals surface area contributed by atoms with Crippen LogP contribution in [0.5, 0.6) is 11.5 Å². The maximum Gasteiger partial charge on any atom is 0.241 e. The molecule has 7 rings (SSSR count). The zero-order valence-corrected chi connectivity index (χ0v) is 24.8. The average molecular weight is 597 g/mol. The van der Waals surface area contributed by atoms with E-state index in [0.29, 0.717) is 30.9 Å². The summed E-state index contributed by atoms with van der Waals surface area (Å²) in [4.78, 5) is 59.9. The van der Waals surface area contributed by atoms with Gasteiger partial charge in [0, 0.05) is 10.8 Å². The summed E-state index contributed by atoms with van der Waals surface area (Å²) in [5.41, 5.74) is 0.997. The van der Waals surface area contributed by atoms with Crippen molar-refractivity contribution in [3.63, 3.8) is 0 Å². The fraction of sp³-hybridized carbons (Fsp3) is 0.353. The molecule has 0 radical (unpaired) electrons. The maximum atomic E-state index is 14.5. The number of rotatable bonds is 6. The number of carbonyl (C=O) groups is 4. The van der Waals surface area contributed by atoms with Crippen molar-refractivity contribution in [1.82, 2.24) is 4.90 Å². The highest BCUT2D eigenvalue weighted by atomic mass is 32.1. The number of anilines is 1. The molecule has 1 saturated carbocycles. The van der Waals surface area contributed by atoms with E-state index in [9.17, 15) is 24.3 Å². The summed E-state index contributed by atoms with van der Waals surface area (Å²) in [6.07, 6.45) is 2.73. The zero-order chi connectivity index (χ0) is 30.0. The van der Waals surface area contributed by atoms with Gasteiger partial charge in [-0.25, -0.2) is 4.90 Å². The van der Waals surface area contributed by atoms with Crippen molar-refractivity contribution in [2.75, 3.05) is 11.5 Å². The minimum absolute atomic E-state index is 0.0159. The second kappa shape index (κ2) is 10.2. The van der Waals surface area contributed by atoms with Crippen LogP contribution < -0.4 is 9.64 Å². The molecule has 4 aliphatic rings. The molecule has 3 heterocycles. The number of phenolic OH excluding ortho intramolecular Hbond substituents is 1. The van der Waals surface area contributed by atoms with E-state index in [0.717, 1.165) is 16.0 Å². The van der Waals surface area contributed by atoms with Gasteiger partial charge in [0.25, 0.3) is 0 Å². The predicted molar refractivity (Wildman–Crippen MR) is 160 cm³/mol. The smallest absolute Gasteiger partial charge is 0.241 e. The molecule has 2 aliphatic carbocycles. The van der Waals surface area contributed by atoms with Crippen molar-refractivity contribution in [3.8, 4) is 11.5 Å². The number of hydrogen-bond donors (Lipinski definition) is 1. The van der Waals surface area contributed by atoms with Crippen molar-refractivity contribution in [3.05, 3.63) is 88.1 Å². The average Bonchev–Trinajstić information content (AvgIpc) is 3.66. The molecule has 3 aromatic rings. The second-order valence-electron chi connectivity index (χ2n) is 12.0.